The first-order valence-corrected chi connectivity index (χ1v) is 10.3. The Morgan fingerprint density at radius 2 is 2.00 bits per heavy atom. The van der Waals surface area contributed by atoms with Crippen LogP contribution in [-0.2, 0) is 9.36 Å². The van der Waals surface area contributed by atoms with Gasteiger partial charge in [0.05, 0.1) is 11.9 Å². The molecule has 2 unspecified atom stereocenters. The monoisotopic (exact) mass is 331 g/mol. The van der Waals surface area contributed by atoms with E-state index in [2.05, 4.69) is 6.92 Å². The minimum atomic E-state index is -3.67. The highest BCUT2D eigenvalue weighted by atomic mass is 31.2. The van der Waals surface area contributed by atoms with E-state index in [4.69, 9.17) is 5.73 Å². The van der Waals surface area contributed by atoms with Crippen molar-refractivity contribution < 1.29 is 19.4 Å². The molecular weight excluding hydrogens is 301 g/mol. The fourth-order valence-corrected chi connectivity index (χ4v) is 4.51. The van der Waals surface area contributed by atoms with Crippen LogP contribution >= 0.6 is 7.37 Å². The summed E-state index contributed by atoms with van der Waals surface area (Å²) in [5.41, 5.74) is 5.87. The van der Waals surface area contributed by atoms with Gasteiger partial charge in [0.2, 0.25) is 7.37 Å². The third kappa shape index (κ3) is 6.64. The van der Waals surface area contributed by atoms with Crippen LogP contribution in [0.3, 0.4) is 0 Å². The predicted octanol–water partition coefficient (Wildman–Crippen LogP) is 3.71. The first-order valence-electron chi connectivity index (χ1n) is 8.36. The zero-order chi connectivity index (χ0) is 16.6. The van der Waals surface area contributed by atoms with E-state index in [1.807, 2.05) is 0 Å². The summed E-state index contributed by atoms with van der Waals surface area (Å²) in [7, 11) is -3.67. The summed E-state index contributed by atoms with van der Waals surface area (Å²) in [6.45, 7) is 2.05. The highest BCUT2D eigenvalue weighted by molar-refractivity contribution is 7.59. The number of rotatable bonds is 10. The van der Waals surface area contributed by atoms with Gasteiger partial charge in [-0.05, 0) is 18.8 Å². The lowest BCUT2D eigenvalue weighted by Gasteiger charge is -2.19. The molecule has 1 saturated carbocycles. The first kappa shape index (κ1) is 19.4. The normalized spacial score (nSPS) is 20.8. The molecule has 1 rings (SSSR count). The standard InChI is InChI=1S/C16H30NO4P/c1-2-3-4-9-15(17)22(20,21)12-14(16(18)19)11-10-13-7-5-6-8-13/h11,13,15H,2-10,12,17H2,1H3,(H,18,19)(H,20,21)/b14-11+. The molecule has 0 heterocycles. The fourth-order valence-electron chi connectivity index (χ4n) is 2.94. The second kappa shape index (κ2) is 9.49. The topological polar surface area (TPSA) is 101 Å². The molecule has 6 heteroatoms. The lowest BCUT2D eigenvalue weighted by molar-refractivity contribution is -0.132. The number of carboxylic acids is 1. The van der Waals surface area contributed by atoms with Gasteiger partial charge in [-0.1, -0.05) is 57.9 Å². The molecule has 1 aliphatic carbocycles. The molecule has 4 N–H and O–H groups in total. The summed E-state index contributed by atoms with van der Waals surface area (Å²) >= 11 is 0. The summed E-state index contributed by atoms with van der Waals surface area (Å²) in [6.07, 6.45) is 9.90. The van der Waals surface area contributed by atoms with E-state index >= 15 is 0 Å². The molecule has 0 aromatic heterocycles. The Labute approximate surface area is 133 Å². The number of carbonyl (C=O) groups is 1. The van der Waals surface area contributed by atoms with Crippen LogP contribution in [0.25, 0.3) is 0 Å². The smallest absolute Gasteiger partial charge is 0.331 e. The average molecular weight is 331 g/mol. The van der Waals surface area contributed by atoms with Crippen molar-refractivity contribution in [2.24, 2.45) is 11.7 Å². The van der Waals surface area contributed by atoms with Crippen molar-refractivity contribution in [1.29, 1.82) is 0 Å². The van der Waals surface area contributed by atoms with Crippen molar-refractivity contribution in [3.05, 3.63) is 11.6 Å². The average Bonchev–Trinajstić information content (AvgIpc) is 2.96. The third-order valence-corrected chi connectivity index (χ3v) is 6.55. The number of unbranched alkanes of at least 4 members (excludes halogenated alkanes) is 2. The lowest BCUT2D eigenvalue weighted by Crippen LogP contribution is -2.23. The van der Waals surface area contributed by atoms with Crippen LogP contribution in [0.5, 0.6) is 0 Å². The van der Waals surface area contributed by atoms with Crippen molar-refractivity contribution in [1.82, 2.24) is 0 Å². The minimum Gasteiger partial charge on any atom is -0.478 e. The molecule has 22 heavy (non-hydrogen) atoms. The van der Waals surface area contributed by atoms with Crippen molar-refractivity contribution in [2.75, 3.05) is 6.16 Å². The van der Waals surface area contributed by atoms with E-state index in [-0.39, 0.29) is 11.7 Å². The minimum absolute atomic E-state index is 0.0451. The molecule has 2 atom stereocenters. The maximum Gasteiger partial charge on any atom is 0.331 e. The van der Waals surface area contributed by atoms with Crippen LogP contribution in [-0.4, -0.2) is 27.9 Å². The van der Waals surface area contributed by atoms with Crippen LogP contribution in [0.15, 0.2) is 11.6 Å². The second-order valence-corrected chi connectivity index (χ2v) is 8.89. The number of carboxylic acid groups (broad SMARTS) is 1. The summed E-state index contributed by atoms with van der Waals surface area (Å²) < 4.78 is 12.3. The molecule has 0 aromatic carbocycles. The highest BCUT2D eigenvalue weighted by Crippen LogP contribution is 2.47. The molecule has 1 fully saturated rings. The molecule has 0 radical (unpaired) electrons. The molecule has 5 nitrogen and oxygen atoms in total. The third-order valence-electron chi connectivity index (χ3n) is 4.47. The molecule has 0 aromatic rings. The Kier molecular flexibility index (Phi) is 8.37. The van der Waals surface area contributed by atoms with Crippen LogP contribution in [0.2, 0.25) is 0 Å². The molecule has 0 amide bonds. The van der Waals surface area contributed by atoms with E-state index in [0.717, 1.165) is 32.1 Å². The second-order valence-electron chi connectivity index (χ2n) is 6.40. The summed E-state index contributed by atoms with van der Waals surface area (Å²) in [6, 6.07) is 0. The number of nitrogens with two attached hydrogens (primary N) is 1. The summed E-state index contributed by atoms with van der Waals surface area (Å²) in [5.74, 6) is -1.41. The molecule has 0 bridgehead atoms. The van der Waals surface area contributed by atoms with E-state index in [9.17, 15) is 19.4 Å². The molecule has 128 valence electrons. The molecule has 0 saturated heterocycles. The van der Waals surface area contributed by atoms with Gasteiger partial charge in [0.15, 0.2) is 0 Å². The SMILES string of the molecule is CCCCCC(N)P(=O)(O)C/C(=C\CC1CCCC1)C(=O)O. The van der Waals surface area contributed by atoms with Gasteiger partial charge in [0, 0.05) is 5.57 Å². The van der Waals surface area contributed by atoms with Crippen molar-refractivity contribution >= 4 is 13.3 Å². The zero-order valence-electron chi connectivity index (χ0n) is 13.5. The van der Waals surface area contributed by atoms with Crippen molar-refractivity contribution in [3.63, 3.8) is 0 Å². The van der Waals surface area contributed by atoms with Crippen LogP contribution in [0.1, 0.15) is 64.7 Å². The number of allylic oxidation sites excluding steroid dienone is 1. The largest absolute Gasteiger partial charge is 0.478 e. The van der Waals surface area contributed by atoms with Crippen molar-refractivity contribution in [3.8, 4) is 0 Å². The molecule has 0 aliphatic heterocycles. The van der Waals surface area contributed by atoms with Crippen LogP contribution < -0.4 is 5.73 Å². The Morgan fingerprint density at radius 3 is 2.55 bits per heavy atom. The van der Waals surface area contributed by atoms with E-state index < -0.39 is 19.1 Å². The first-order chi connectivity index (χ1) is 10.4. The molecule has 0 spiro atoms. The van der Waals surface area contributed by atoms with E-state index in [1.165, 1.54) is 12.8 Å². The Hall–Kier alpha value is -0.640. The maximum absolute atomic E-state index is 12.3. The molecular formula is C16H30NO4P. The quantitative estimate of drug-likeness (QED) is 0.322. The lowest BCUT2D eigenvalue weighted by atomic mass is 10.0. The predicted molar refractivity (Wildman–Crippen MR) is 89.1 cm³/mol. The van der Waals surface area contributed by atoms with Gasteiger partial charge >= 0.3 is 5.97 Å². The number of hydrogen-bond acceptors (Lipinski definition) is 3. The number of hydrogen-bond donors (Lipinski definition) is 3. The van der Waals surface area contributed by atoms with Gasteiger partial charge < -0.3 is 15.7 Å². The van der Waals surface area contributed by atoms with Crippen LogP contribution in [0.4, 0.5) is 0 Å². The van der Waals surface area contributed by atoms with Gasteiger partial charge in [0.25, 0.3) is 0 Å². The van der Waals surface area contributed by atoms with Crippen LogP contribution in [0, 0.1) is 5.92 Å². The van der Waals surface area contributed by atoms with Gasteiger partial charge in [-0.25, -0.2) is 4.79 Å². The molecule has 1 aliphatic rings. The Balaban J connectivity index is 2.61. The van der Waals surface area contributed by atoms with E-state index in [1.54, 1.807) is 6.08 Å². The van der Waals surface area contributed by atoms with Gasteiger partial charge in [-0.15, -0.1) is 0 Å². The summed E-state index contributed by atoms with van der Waals surface area (Å²) in [5, 5.41) is 9.27. The maximum atomic E-state index is 12.3. The van der Waals surface area contributed by atoms with Gasteiger partial charge in [0.1, 0.15) is 0 Å². The Morgan fingerprint density at radius 1 is 1.36 bits per heavy atom. The van der Waals surface area contributed by atoms with Crippen molar-refractivity contribution in [2.45, 2.75) is 70.5 Å². The zero-order valence-corrected chi connectivity index (χ0v) is 14.4. The van der Waals surface area contributed by atoms with Gasteiger partial charge in [-0.2, -0.15) is 0 Å². The summed E-state index contributed by atoms with van der Waals surface area (Å²) in [4.78, 5) is 21.4. The number of aliphatic carboxylic acids is 1. The fraction of sp³-hybridized carbons (Fsp3) is 0.812. The van der Waals surface area contributed by atoms with E-state index in [0.29, 0.717) is 18.8 Å². The Bertz CT molecular complexity index is 430. The van der Waals surface area contributed by atoms with Gasteiger partial charge in [-0.3, -0.25) is 4.57 Å². The highest BCUT2D eigenvalue weighted by Gasteiger charge is 2.30.